The molecule has 0 aromatic carbocycles. The molecule has 0 unspecified atom stereocenters. The molecule has 0 saturated carbocycles. The zero-order chi connectivity index (χ0) is 12.7. The molecule has 0 amide bonds. The third-order valence-electron chi connectivity index (χ3n) is 2.23. The largest absolute Gasteiger partial charge is 0.396 e. The molecule has 0 aliphatic rings. The van der Waals surface area contributed by atoms with Gasteiger partial charge in [-0.05, 0) is 13.8 Å². The van der Waals surface area contributed by atoms with Crippen LogP contribution in [-0.4, -0.2) is 41.9 Å². The zero-order valence-corrected chi connectivity index (χ0v) is 10.8. The lowest BCUT2D eigenvalue weighted by atomic mass is 10.1. The molecular weight excluding hydrogens is 233 g/mol. The second-order valence-corrected chi connectivity index (χ2v) is 5.79. The molecule has 98 valence electrons. The van der Waals surface area contributed by atoms with E-state index in [1.165, 1.54) is 0 Å². The zero-order valence-electron chi connectivity index (χ0n) is 9.89. The molecule has 0 aliphatic carbocycles. The highest BCUT2D eigenvalue weighted by atomic mass is 31.2. The number of hydrogen-bond donors (Lipinski definition) is 3. The Morgan fingerprint density at radius 3 is 1.75 bits per heavy atom. The monoisotopic (exact) mass is 255 g/mol. The average molecular weight is 255 g/mol. The first-order chi connectivity index (χ1) is 7.49. The number of aliphatic hydroxyl groups excluding tert-OH is 2. The van der Waals surface area contributed by atoms with Crippen LogP contribution >= 0.6 is 7.60 Å². The van der Waals surface area contributed by atoms with Crippen molar-refractivity contribution >= 4 is 7.60 Å². The molecule has 0 heterocycles. The minimum absolute atomic E-state index is 0.0604. The van der Waals surface area contributed by atoms with Crippen LogP contribution < -0.4 is 5.73 Å². The summed E-state index contributed by atoms with van der Waals surface area (Å²) in [6.07, 6.45) is 0.121. The third kappa shape index (κ3) is 3.80. The first-order valence-electron chi connectivity index (χ1n) is 5.39. The van der Waals surface area contributed by atoms with Crippen molar-refractivity contribution in [3.05, 3.63) is 0 Å². The number of rotatable bonds is 9. The van der Waals surface area contributed by atoms with E-state index in [4.69, 9.17) is 25.0 Å². The van der Waals surface area contributed by atoms with E-state index < -0.39 is 12.9 Å². The maximum Gasteiger partial charge on any atom is 0.350 e. The molecule has 7 heteroatoms. The standard InChI is InChI=1S/C9H22NO5P/c1-3-14-16(13,15-4-2)9(10,5-7-11)6-8-12/h11-12H,3-8,10H2,1-2H3. The van der Waals surface area contributed by atoms with Crippen LogP contribution in [0, 0.1) is 0 Å². The van der Waals surface area contributed by atoms with E-state index >= 15 is 0 Å². The summed E-state index contributed by atoms with van der Waals surface area (Å²) in [5.74, 6) is 0. The predicted molar refractivity (Wildman–Crippen MR) is 61.2 cm³/mol. The Morgan fingerprint density at radius 1 is 1.12 bits per heavy atom. The van der Waals surface area contributed by atoms with Gasteiger partial charge in [0.25, 0.3) is 0 Å². The lowest BCUT2D eigenvalue weighted by Crippen LogP contribution is -2.42. The summed E-state index contributed by atoms with van der Waals surface area (Å²) in [6, 6.07) is 0. The van der Waals surface area contributed by atoms with Crippen molar-refractivity contribution in [2.75, 3.05) is 26.4 Å². The molecule has 0 aromatic rings. The summed E-state index contributed by atoms with van der Waals surface area (Å²) in [5, 5.41) is 16.5. The second-order valence-electron chi connectivity index (χ2n) is 3.38. The Balaban J connectivity index is 4.99. The fraction of sp³-hybridized carbons (Fsp3) is 1.00. The van der Waals surface area contributed by atoms with Gasteiger partial charge >= 0.3 is 7.60 Å². The SMILES string of the molecule is CCOP(=O)(OCC)C(N)(CCO)CCO. The average Bonchev–Trinajstić information content (AvgIpc) is 2.19. The van der Waals surface area contributed by atoms with Crippen LogP contribution in [0.3, 0.4) is 0 Å². The second kappa shape index (κ2) is 7.37. The van der Waals surface area contributed by atoms with E-state index in [0.717, 1.165) is 0 Å². The summed E-state index contributed by atoms with van der Waals surface area (Å²) in [5.41, 5.74) is 5.94. The van der Waals surface area contributed by atoms with Crippen molar-refractivity contribution in [3.8, 4) is 0 Å². The lowest BCUT2D eigenvalue weighted by Gasteiger charge is -2.34. The number of hydrogen-bond acceptors (Lipinski definition) is 6. The summed E-state index contributed by atoms with van der Waals surface area (Å²) in [7, 11) is -3.52. The Bertz CT molecular complexity index is 220. The van der Waals surface area contributed by atoms with Crippen LogP contribution in [-0.2, 0) is 13.6 Å². The van der Waals surface area contributed by atoms with Gasteiger partial charge in [-0.2, -0.15) is 0 Å². The molecule has 0 spiro atoms. The van der Waals surface area contributed by atoms with Gasteiger partial charge in [0.2, 0.25) is 0 Å². The fourth-order valence-electron chi connectivity index (χ4n) is 1.42. The number of nitrogens with two attached hydrogens (primary N) is 1. The van der Waals surface area contributed by atoms with E-state index in [0.29, 0.717) is 0 Å². The molecule has 0 saturated heterocycles. The molecule has 4 N–H and O–H groups in total. The van der Waals surface area contributed by atoms with Crippen LogP contribution in [0.25, 0.3) is 0 Å². The van der Waals surface area contributed by atoms with Crippen LogP contribution in [0.1, 0.15) is 26.7 Å². The van der Waals surface area contributed by atoms with Crippen LogP contribution in [0.15, 0.2) is 0 Å². The molecule has 0 atom stereocenters. The van der Waals surface area contributed by atoms with Gasteiger partial charge in [0.15, 0.2) is 0 Å². The topological polar surface area (TPSA) is 102 Å². The van der Waals surface area contributed by atoms with Crippen molar-refractivity contribution in [1.29, 1.82) is 0 Å². The highest BCUT2D eigenvalue weighted by Gasteiger charge is 2.46. The summed E-state index contributed by atoms with van der Waals surface area (Å²) < 4.78 is 22.7. The predicted octanol–water partition coefficient (Wildman–Crippen LogP) is 0.672. The maximum atomic E-state index is 12.4. The smallest absolute Gasteiger partial charge is 0.350 e. The molecule has 0 rings (SSSR count). The minimum atomic E-state index is -3.52. The van der Waals surface area contributed by atoms with Crippen molar-refractivity contribution in [2.45, 2.75) is 32.0 Å². The van der Waals surface area contributed by atoms with Crippen molar-refractivity contribution in [1.82, 2.24) is 0 Å². The first-order valence-corrected chi connectivity index (χ1v) is 6.93. The van der Waals surface area contributed by atoms with Gasteiger partial charge in [0.1, 0.15) is 5.28 Å². The fourth-order valence-corrected chi connectivity index (χ4v) is 3.44. The van der Waals surface area contributed by atoms with Gasteiger partial charge < -0.3 is 25.0 Å². The third-order valence-corrected chi connectivity index (χ3v) is 4.97. The minimum Gasteiger partial charge on any atom is -0.396 e. The Hall–Kier alpha value is 0.0300. The van der Waals surface area contributed by atoms with Gasteiger partial charge in [-0.3, -0.25) is 4.57 Å². The molecule has 0 bridgehead atoms. The van der Waals surface area contributed by atoms with E-state index in [-0.39, 0.29) is 39.3 Å². The van der Waals surface area contributed by atoms with Crippen LogP contribution in [0.4, 0.5) is 0 Å². The molecule has 0 radical (unpaired) electrons. The Labute approximate surface area is 96.3 Å². The van der Waals surface area contributed by atoms with E-state index in [2.05, 4.69) is 0 Å². The van der Waals surface area contributed by atoms with Crippen molar-refractivity contribution < 1.29 is 23.8 Å². The summed E-state index contributed by atoms with van der Waals surface area (Å²) in [4.78, 5) is 0. The molecule has 0 aromatic heterocycles. The van der Waals surface area contributed by atoms with E-state index in [1.54, 1.807) is 13.8 Å². The van der Waals surface area contributed by atoms with Gasteiger partial charge in [-0.15, -0.1) is 0 Å². The number of aliphatic hydroxyl groups is 2. The summed E-state index contributed by atoms with van der Waals surface area (Å²) >= 11 is 0. The summed E-state index contributed by atoms with van der Waals surface area (Å²) in [6.45, 7) is 3.30. The van der Waals surface area contributed by atoms with Crippen LogP contribution in [0.5, 0.6) is 0 Å². The van der Waals surface area contributed by atoms with Gasteiger partial charge in [0.05, 0.1) is 13.2 Å². The van der Waals surface area contributed by atoms with Crippen molar-refractivity contribution in [3.63, 3.8) is 0 Å². The van der Waals surface area contributed by atoms with E-state index in [1.807, 2.05) is 0 Å². The highest BCUT2D eigenvalue weighted by Crippen LogP contribution is 2.60. The quantitative estimate of drug-likeness (QED) is 0.523. The maximum absolute atomic E-state index is 12.4. The molecule has 0 aliphatic heterocycles. The molecule has 16 heavy (non-hydrogen) atoms. The van der Waals surface area contributed by atoms with Gasteiger partial charge in [0, 0.05) is 26.1 Å². The van der Waals surface area contributed by atoms with E-state index in [9.17, 15) is 4.57 Å². The first kappa shape index (κ1) is 16.0. The Kier molecular flexibility index (Phi) is 7.39. The molecular formula is C9H22NO5P. The Morgan fingerprint density at radius 2 is 1.50 bits per heavy atom. The normalized spacial score (nSPS) is 13.1. The lowest BCUT2D eigenvalue weighted by molar-refractivity contribution is 0.162. The van der Waals surface area contributed by atoms with Crippen LogP contribution in [0.2, 0.25) is 0 Å². The highest BCUT2D eigenvalue weighted by molar-refractivity contribution is 7.55. The van der Waals surface area contributed by atoms with Gasteiger partial charge in [-0.1, -0.05) is 0 Å². The molecule has 0 fully saturated rings. The van der Waals surface area contributed by atoms with Gasteiger partial charge in [-0.25, -0.2) is 0 Å². The van der Waals surface area contributed by atoms with Crippen molar-refractivity contribution in [2.24, 2.45) is 5.73 Å². The molecule has 6 nitrogen and oxygen atoms in total.